The molecule has 2 bridgehead atoms. The third-order valence-corrected chi connectivity index (χ3v) is 10.4. The Balaban J connectivity index is 1.02. The van der Waals surface area contributed by atoms with Gasteiger partial charge < -0.3 is 19.5 Å². The molecule has 1 saturated carbocycles. The van der Waals surface area contributed by atoms with E-state index in [9.17, 15) is 4.79 Å². The molecule has 10 nitrogen and oxygen atoms in total. The quantitative estimate of drug-likeness (QED) is 0.398. The Bertz CT molecular complexity index is 1270. The number of carbonyl (C=O) groups excluding carboxylic acids is 1. The summed E-state index contributed by atoms with van der Waals surface area (Å²) in [5, 5.41) is 12.0. The zero-order valence-corrected chi connectivity index (χ0v) is 24.5. The van der Waals surface area contributed by atoms with Crippen molar-refractivity contribution in [3.63, 3.8) is 0 Å². The number of ketones is 1. The van der Waals surface area contributed by atoms with Crippen LogP contribution in [0.3, 0.4) is 0 Å². The topological polar surface area (TPSA) is 106 Å². The second-order valence-corrected chi connectivity index (χ2v) is 13.3. The van der Waals surface area contributed by atoms with Crippen LogP contribution in [0.1, 0.15) is 82.3 Å². The van der Waals surface area contributed by atoms with E-state index < -0.39 is 24.0 Å². The van der Waals surface area contributed by atoms with Crippen LogP contribution in [0.5, 0.6) is 0 Å². The second-order valence-electron chi connectivity index (χ2n) is 13.3. The van der Waals surface area contributed by atoms with Gasteiger partial charge in [0.2, 0.25) is 5.79 Å². The molecule has 1 spiro atoms. The Hall–Kier alpha value is -2.21. The van der Waals surface area contributed by atoms with Crippen molar-refractivity contribution in [3.05, 3.63) is 41.7 Å². The van der Waals surface area contributed by atoms with E-state index in [-0.39, 0.29) is 30.3 Å². The highest BCUT2D eigenvalue weighted by atomic mass is 17.3. The fraction of sp³-hybridized carbons (Fsp3) is 0.710. The van der Waals surface area contributed by atoms with E-state index in [4.69, 9.17) is 24.0 Å². The Labute approximate surface area is 241 Å². The SMILES string of the molecule is CC1CCNC(C(=O)c2ccc(-n3cc(CO[C@H]4O[C@@H]5O[C@@]6(C)CC[C@H]7[C@H](C)CC[C@@H]([C@H]4C)[C@@]57OO6)nn3)cc2)C1. The summed E-state index contributed by atoms with van der Waals surface area (Å²) in [7, 11) is 0. The van der Waals surface area contributed by atoms with Crippen molar-refractivity contribution >= 4 is 5.78 Å². The van der Waals surface area contributed by atoms with Crippen LogP contribution in [0.2, 0.25) is 0 Å². The fourth-order valence-electron chi connectivity index (χ4n) is 8.01. The van der Waals surface area contributed by atoms with Crippen molar-refractivity contribution in [2.75, 3.05) is 6.54 Å². The normalized spacial score (nSPS) is 42.0. The lowest BCUT2D eigenvalue weighted by Gasteiger charge is -2.60. The van der Waals surface area contributed by atoms with E-state index >= 15 is 0 Å². The molecule has 2 aromatic rings. The predicted octanol–water partition coefficient (Wildman–Crippen LogP) is 4.56. The number of nitrogens with one attached hydrogen (secondary N) is 1. The second kappa shape index (κ2) is 10.5. The first-order chi connectivity index (χ1) is 19.8. The molecule has 8 rings (SSSR count). The number of fused-ring (bicyclic) bond motifs is 2. The molecule has 1 aromatic carbocycles. The molecule has 6 fully saturated rings. The third-order valence-electron chi connectivity index (χ3n) is 10.4. The highest BCUT2D eigenvalue weighted by Crippen LogP contribution is 2.60. The summed E-state index contributed by atoms with van der Waals surface area (Å²) >= 11 is 0. The van der Waals surface area contributed by atoms with E-state index in [0.717, 1.165) is 50.8 Å². The van der Waals surface area contributed by atoms with E-state index in [1.807, 2.05) is 37.4 Å². The molecule has 5 saturated heterocycles. The first kappa shape index (κ1) is 27.6. The van der Waals surface area contributed by atoms with Crippen molar-refractivity contribution in [1.82, 2.24) is 20.3 Å². The van der Waals surface area contributed by atoms with Gasteiger partial charge in [0, 0.05) is 23.8 Å². The van der Waals surface area contributed by atoms with Gasteiger partial charge in [0.05, 0.1) is 24.5 Å². The average molecular weight is 567 g/mol. The van der Waals surface area contributed by atoms with Gasteiger partial charge >= 0.3 is 0 Å². The maximum atomic E-state index is 13.0. The molecule has 222 valence electrons. The van der Waals surface area contributed by atoms with Crippen LogP contribution in [0.25, 0.3) is 5.69 Å². The molecule has 0 radical (unpaired) electrons. The molecule has 1 aromatic heterocycles. The maximum Gasteiger partial charge on any atom is 0.201 e. The van der Waals surface area contributed by atoms with Crippen LogP contribution in [-0.4, -0.2) is 57.3 Å². The lowest BCUT2D eigenvalue weighted by atomic mass is 9.58. The number of piperidine rings is 1. The summed E-state index contributed by atoms with van der Waals surface area (Å²) in [5.74, 6) is 1.04. The van der Waals surface area contributed by atoms with Gasteiger partial charge in [0.15, 0.2) is 24.0 Å². The number of hydrogen-bond acceptors (Lipinski definition) is 9. The number of benzene rings is 1. The van der Waals surface area contributed by atoms with Crippen molar-refractivity contribution in [2.45, 2.75) is 103 Å². The summed E-state index contributed by atoms with van der Waals surface area (Å²) in [6, 6.07) is 7.45. The van der Waals surface area contributed by atoms with Gasteiger partial charge in [-0.15, -0.1) is 5.10 Å². The summed E-state index contributed by atoms with van der Waals surface area (Å²) in [4.78, 5) is 25.1. The molecular weight excluding hydrogens is 524 g/mol. The van der Waals surface area contributed by atoms with Gasteiger partial charge in [-0.05, 0) is 87.6 Å². The Morgan fingerprint density at radius 3 is 2.73 bits per heavy atom. The highest BCUT2D eigenvalue weighted by molar-refractivity contribution is 6.00. The van der Waals surface area contributed by atoms with Crippen LogP contribution in [0, 0.1) is 29.6 Å². The first-order valence-electron chi connectivity index (χ1n) is 15.4. The van der Waals surface area contributed by atoms with Gasteiger partial charge in [0.25, 0.3) is 0 Å². The molecule has 41 heavy (non-hydrogen) atoms. The van der Waals surface area contributed by atoms with E-state index in [0.29, 0.717) is 29.0 Å². The Morgan fingerprint density at radius 2 is 1.93 bits per heavy atom. The van der Waals surface area contributed by atoms with Crippen LogP contribution < -0.4 is 5.32 Å². The zero-order chi connectivity index (χ0) is 28.4. The number of hydrogen-bond donors (Lipinski definition) is 1. The van der Waals surface area contributed by atoms with Crippen LogP contribution in [-0.2, 0) is 30.6 Å². The van der Waals surface area contributed by atoms with Crippen LogP contribution >= 0.6 is 0 Å². The number of Topliss-reactive ketones (excluding diaryl/α,β-unsaturated/α-hetero) is 1. The molecule has 2 unspecified atom stereocenters. The molecule has 10 atom stereocenters. The zero-order valence-electron chi connectivity index (χ0n) is 24.5. The minimum Gasteiger partial charge on any atom is -0.346 e. The summed E-state index contributed by atoms with van der Waals surface area (Å²) in [6.07, 6.45) is 6.82. The van der Waals surface area contributed by atoms with E-state index in [2.05, 4.69) is 36.4 Å². The first-order valence-corrected chi connectivity index (χ1v) is 15.4. The molecule has 5 aliphatic heterocycles. The smallest absolute Gasteiger partial charge is 0.201 e. The predicted molar refractivity (Wildman–Crippen MR) is 147 cm³/mol. The maximum absolute atomic E-state index is 13.0. The number of ether oxygens (including phenoxy) is 3. The lowest BCUT2D eigenvalue weighted by Crippen LogP contribution is -2.70. The average Bonchev–Trinajstić information content (AvgIpc) is 3.33. The molecule has 0 amide bonds. The van der Waals surface area contributed by atoms with Crippen molar-refractivity contribution in [1.29, 1.82) is 0 Å². The van der Waals surface area contributed by atoms with E-state index in [1.165, 1.54) is 0 Å². The van der Waals surface area contributed by atoms with Gasteiger partial charge in [-0.3, -0.25) is 4.79 Å². The fourth-order valence-corrected chi connectivity index (χ4v) is 8.01. The molecule has 6 aliphatic rings. The van der Waals surface area contributed by atoms with Crippen molar-refractivity contribution in [3.8, 4) is 5.69 Å². The number of nitrogens with zero attached hydrogens (tertiary/aromatic N) is 3. The van der Waals surface area contributed by atoms with Gasteiger partial charge in [-0.2, -0.15) is 0 Å². The van der Waals surface area contributed by atoms with Crippen LogP contribution in [0.15, 0.2) is 30.5 Å². The molecule has 1 aliphatic carbocycles. The monoisotopic (exact) mass is 566 g/mol. The van der Waals surface area contributed by atoms with Gasteiger partial charge in [-0.25, -0.2) is 14.5 Å². The van der Waals surface area contributed by atoms with Gasteiger partial charge in [0.1, 0.15) is 5.69 Å². The van der Waals surface area contributed by atoms with Crippen LogP contribution in [0.4, 0.5) is 0 Å². The molecule has 6 heterocycles. The molecule has 1 N–H and O–H groups in total. The molecule has 10 heteroatoms. The third kappa shape index (κ3) is 4.77. The number of carbonyl (C=O) groups is 1. The standard InChI is InChI=1S/C31H42N4O6/c1-18-12-14-32-26(15-18)27(36)21-6-8-23(9-7-21)35-16-22(33-34-35)17-37-28-20(3)25-10-5-19(2)24-11-13-30(4)39-29(38-28)31(24,25)41-40-30/h6-9,16,18-20,24-26,28-29,32H,5,10-15,17H2,1-4H3/t18?,19-,20-,24+,25+,26?,28+,29-,30-,31-/m1/s1. The number of rotatable bonds is 6. The van der Waals surface area contributed by atoms with Crippen molar-refractivity contribution < 1.29 is 28.8 Å². The van der Waals surface area contributed by atoms with E-state index in [1.54, 1.807) is 4.68 Å². The summed E-state index contributed by atoms with van der Waals surface area (Å²) < 4.78 is 21.0. The van der Waals surface area contributed by atoms with Gasteiger partial charge in [-0.1, -0.05) is 26.0 Å². The highest BCUT2D eigenvalue weighted by Gasteiger charge is 2.69. The lowest BCUT2D eigenvalue weighted by molar-refractivity contribution is -0.577. The minimum absolute atomic E-state index is 0.0951. The Morgan fingerprint density at radius 1 is 1.10 bits per heavy atom. The molecular formula is C31H42N4O6. The van der Waals surface area contributed by atoms with Crippen molar-refractivity contribution in [2.24, 2.45) is 29.6 Å². The minimum atomic E-state index is -0.809. The summed E-state index contributed by atoms with van der Waals surface area (Å²) in [6.45, 7) is 9.78. The largest absolute Gasteiger partial charge is 0.346 e. The Kier molecular flexibility index (Phi) is 7.07. The number of aromatic nitrogens is 3. The summed E-state index contributed by atoms with van der Waals surface area (Å²) in [5.41, 5.74) is 1.65.